The third kappa shape index (κ3) is 3.73. The zero-order chi connectivity index (χ0) is 19.5. The van der Waals surface area contributed by atoms with Gasteiger partial charge < -0.3 is 10.2 Å². The van der Waals surface area contributed by atoms with Crippen molar-refractivity contribution in [1.82, 2.24) is 4.90 Å². The molecule has 1 N–H and O–H groups in total. The molecular formula is C22H19FN2O2S. The molecule has 0 aliphatic carbocycles. The van der Waals surface area contributed by atoms with E-state index in [2.05, 4.69) is 5.32 Å². The van der Waals surface area contributed by atoms with Crippen LogP contribution in [0.1, 0.15) is 5.56 Å². The molecule has 1 atom stereocenters. The van der Waals surface area contributed by atoms with Gasteiger partial charge in [0.2, 0.25) is 11.8 Å². The SMILES string of the molecule is O=C(Nc1ccccc1F)C1CSCN1C(=O)Cc1cccc2ccccc12. The third-order valence-corrected chi connectivity index (χ3v) is 5.87. The molecule has 1 heterocycles. The number of carbonyl (C=O) groups is 2. The summed E-state index contributed by atoms with van der Waals surface area (Å²) in [6, 6.07) is 19.2. The molecule has 28 heavy (non-hydrogen) atoms. The van der Waals surface area contributed by atoms with Gasteiger partial charge in [-0.05, 0) is 28.5 Å². The molecule has 1 unspecified atom stereocenters. The molecule has 3 aromatic rings. The fraction of sp³-hybridized carbons (Fsp3) is 0.182. The number of halogens is 1. The van der Waals surface area contributed by atoms with Crippen LogP contribution < -0.4 is 5.32 Å². The second-order valence-electron chi connectivity index (χ2n) is 6.66. The molecule has 4 rings (SSSR count). The number of nitrogens with zero attached hydrogens (tertiary/aromatic N) is 1. The molecule has 1 aliphatic heterocycles. The highest BCUT2D eigenvalue weighted by Crippen LogP contribution is 2.25. The Morgan fingerprint density at radius 3 is 2.64 bits per heavy atom. The summed E-state index contributed by atoms with van der Waals surface area (Å²) in [6.45, 7) is 0. The normalized spacial score (nSPS) is 16.3. The molecule has 0 aromatic heterocycles. The molecule has 0 bridgehead atoms. The number of rotatable bonds is 4. The van der Waals surface area contributed by atoms with Crippen LogP contribution in [0.25, 0.3) is 10.8 Å². The van der Waals surface area contributed by atoms with Crippen molar-refractivity contribution in [3.8, 4) is 0 Å². The van der Waals surface area contributed by atoms with E-state index in [1.807, 2.05) is 42.5 Å². The van der Waals surface area contributed by atoms with Gasteiger partial charge >= 0.3 is 0 Å². The Kier molecular flexibility index (Phi) is 5.30. The molecule has 142 valence electrons. The minimum absolute atomic E-state index is 0.102. The van der Waals surface area contributed by atoms with Crippen LogP contribution in [0.15, 0.2) is 66.7 Å². The molecule has 0 saturated carbocycles. The second-order valence-corrected chi connectivity index (χ2v) is 7.66. The fourth-order valence-electron chi connectivity index (χ4n) is 3.40. The molecule has 1 fully saturated rings. The largest absolute Gasteiger partial charge is 0.322 e. The zero-order valence-corrected chi connectivity index (χ0v) is 15.9. The Morgan fingerprint density at radius 2 is 1.79 bits per heavy atom. The van der Waals surface area contributed by atoms with Crippen LogP contribution in [0, 0.1) is 5.82 Å². The summed E-state index contributed by atoms with van der Waals surface area (Å²) in [5, 5.41) is 4.73. The molecule has 2 amide bonds. The lowest BCUT2D eigenvalue weighted by atomic mass is 10.0. The lowest BCUT2D eigenvalue weighted by molar-refractivity contribution is -0.135. The summed E-state index contributed by atoms with van der Waals surface area (Å²) in [4.78, 5) is 27.2. The van der Waals surface area contributed by atoms with E-state index in [9.17, 15) is 14.0 Å². The Labute approximate surface area is 166 Å². The van der Waals surface area contributed by atoms with Gasteiger partial charge in [-0.3, -0.25) is 9.59 Å². The molecule has 0 spiro atoms. The van der Waals surface area contributed by atoms with Crippen LogP contribution in [0.4, 0.5) is 10.1 Å². The lowest BCUT2D eigenvalue weighted by Crippen LogP contribution is -2.45. The Hall–Kier alpha value is -2.86. The predicted octanol–water partition coefficient (Wildman–Crippen LogP) is 4.06. The van der Waals surface area contributed by atoms with E-state index in [0.29, 0.717) is 11.6 Å². The van der Waals surface area contributed by atoms with Gasteiger partial charge in [0.05, 0.1) is 18.0 Å². The lowest BCUT2D eigenvalue weighted by Gasteiger charge is -2.23. The highest BCUT2D eigenvalue weighted by molar-refractivity contribution is 7.99. The Morgan fingerprint density at radius 1 is 1.04 bits per heavy atom. The fourth-order valence-corrected chi connectivity index (χ4v) is 4.58. The average molecular weight is 394 g/mol. The minimum atomic E-state index is -0.605. The van der Waals surface area contributed by atoms with Crippen molar-refractivity contribution in [1.29, 1.82) is 0 Å². The number of thioether (sulfide) groups is 1. The van der Waals surface area contributed by atoms with Gasteiger partial charge in [0.15, 0.2) is 0 Å². The third-order valence-electron chi connectivity index (χ3n) is 4.86. The predicted molar refractivity (Wildman–Crippen MR) is 111 cm³/mol. The summed E-state index contributed by atoms with van der Waals surface area (Å²) < 4.78 is 13.8. The highest BCUT2D eigenvalue weighted by atomic mass is 32.2. The van der Waals surface area contributed by atoms with E-state index in [1.54, 1.807) is 17.0 Å². The Bertz CT molecular complexity index is 1030. The van der Waals surface area contributed by atoms with Gasteiger partial charge in [-0.2, -0.15) is 0 Å². The molecule has 0 radical (unpaired) electrons. The van der Waals surface area contributed by atoms with E-state index >= 15 is 0 Å². The van der Waals surface area contributed by atoms with E-state index in [1.165, 1.54) is 23.9 Å². The smallest absolute Gasteiger partial charge is 0.248 e. The van der Waals surface area contributed by atoms with Crippen molar-refractivity contribution in [3.63, 3.8) is 0 Å². The number of anilines is 1. The first kappa shape index (κ1) is 18.5. The molecule has 4 nitrogen and oxygen atoms in total. The van der Waals surface area contributed by atoms with E-state index < -0.39 is 11.9 Å². The number of fused-ring (bicyclic) bond motifs is 1. The van der Waals surface area contributed by atoms with Gasteiger partial charge in [-0.15, -0.1) is 11.8 Å². The van der Waals surface area contributed by atoms with Crippen LogP contribution >= 0.6 is 11.8 Å². The van der Waals surface area contributed by atoms with Gasteiger partial charge in [0.25, 0.3) is 0 Å². The number of para-hydroxylation sites is 1. The summed E-state index contributed by atoms with van der Waals surface area (Å²) in [5.74, 6) is 0.00657. The van der Waals surface area contributed by atoms with Gasteiger partial charge in [0.1, 0.15) is 11.9 Å². The number of amides is 2. The van der Waals surface area contributed by atoms with Crippen molar-refractivity contribution in [2.45, 2.75) is 12.5 Å². The average Bonchev–Trinajstić information content (AvgIpc) is 3.20. The van der Waals surface area contributed by atoms with Crippen molar-refractivity contribution >= 4 is 40.0 Å². The summed E-state index contributed by atoms with van der Waals surface area (Å²) in [7, 11) is 0. The van der Waals surface area contributed by atoms with E-state index in [-0.39, 0.29) is 23.9 Å². The second kappa shape index (κ2) is 8.02. The maximum atomic E-state index is 13.8. The van der Waals surface area contributed by atoms with Crippen LogP contribution in [0.5, 0.6) is 0 Å². The van der Waals surface area contributed by atoms with Crippen LogP contribution in [0.2, 0.25) is 0 Å². The quantitative estimate of drug-likeness (QED) is 0.726. The monoisotopic (exact) mass is 394 g/mol. The van der Waals surface area contributed by atoms with Crippen LogP contribution in [-0.2, 0) is 16.0 Å². The van der Waals surface area contributed by atoms with Gasteiger partial charge in [0, 0.05) is 5.75 Å². The number of benzene rings is 3. The number of nitrogens with one attached hydrogen (secondary N) is 1. The topological polar surface area (TPSA) is 49.4 Å². The van der Waals surface area contributed by atoms with Crippen LogP contribution in [0.3, 0.4) is 0 Å². The Balaban J connectivity index is 1.50. The maximum absolute atomic E-state index is 13.8. The molecule has 6 heteroatoms. The van der Waals surface area contributed by atoms with Crippen molar-refractivity contribution in [3.05, 3.63) is 78.1 Å². The van der Waals surface area contributed by atoms with Crippen molar-refractivity contribution in [2.75, 3.05) is 16.9 Å². The summed E-state index contributed by atoms with van der Waals surface area (Å²) in [5.41, 5.74) is 1.07. The number of hydrogen-bond donors (Lipinski definition) is 1. The molecule has 1 saturated heterocycles. The first-order chi connectivity index (χ1) is 13.6. The number of carbonyl (C=O) groups excluding carboxylic acids is 2. The highest BCUT2D eigenvalue weighted by Gasteiger charge is 2.34. The molecular weight excluding hydrogens is 375 g/mol. The standard InChI is InChI=1S/C22H19FN2O2S/c23-18-10-3-4-11-19(18)24-22(27)20-13-28-14-25(20)21(26)12-16-8-5-7-15-6-1-2-9-17(15)16/h1-11,20H,12-14H2,(H,24,27). The molecule has 3 aromatic carbocycles. The zero-order valence-electron chi connectivity index (χ0n) is 15.1. The van der Waals surface area contributed by atoms with Crippen molar-refractivity contribution < 1.29 is 14.0 Å². The minimum Gasteiger partial charge on any atom is -0.322 e. The first-order valence-corrected chi connectivity index (χ1v) is 10.2. The van der Waals surface area contributed by atoms with E-state index in [4.69, 9.17) is 0 Å². The summed E-state index contributed by atoms with van der Waals surface area (Å²) >= 11 is 1.53. The van der Waals surface area contributed by atoms with E-state index in [0.717, 1.165) is 16.3 Å². The summed E-state index contributed by atoms with van der Waals surface area (Å²) in [6.07, 6.45) is 0.228. The van der Waals surface area contributed by atoms with Gasteiger partial charge in [-0.25, -0.2) is 4.39 Å². The van der Waals surface area contributed by atoms with Gasteiger partial charge in [-0.1, -0.05) is 54.6 Å². The first-order valence-electron chi connectivity index (χ1n) is 9.03. The maximum Gasteiger partial charge on any atom is 0.248 e. The van der Waals surface area contributed by atoms with Crippen LogP contribution in [-0.4, -0.2) is 34.4 Å². The van der Waals surface area contributed by atoms with Crippen molar-refractivity contribution in [2.24, 2.45) is 0 Å². The number of hydrogen-bond acceptors (Lipinski definition) is 3. The molecule has 1 aliphatic rings.